The summed E-state index contributed by atoms with van der Waals surface area (Å²) in [5.41, 5.74) is 6.88. The van der Waals surface area contributed by atoms with Crippen molar-refractivity contribution in [3.63, 3.8) is 0 Å². The summed E-state index contributed by atoms with van der Waals surface area (Å²) in [6, 6.07) is 0.0259. The van der Waals surface area contributed by atoms with Gasteiger partial charge in [-0.2, -0.15) is 0 Å². The van der Waals surface area contributed by atoms with Gasteiger partial charge in [-0.05, 0) is 37.2 Å². The van der Waals surface area contributed by atoms with Crippen molar-refractivity contribution in [3.05, 3.63) is 11.1 Å². The van der Waals surface area contributed by atoms with Crippen molar-refractivity contribution in [1.29, 1.82) is 0 Å². The zero-order valence-electron chi connectivity index (χ0n) is 8.06. The second-order valence-electron chi connectivity index (χ2n) is 3.65. The van der Waals surface area contributed by atoms with Gasteiger partial charge < -0.3 is 10.5 Å². The lowest BCUT2D eigenvalue weighted by Gasteiger charge is -2.12. The number of nitrogens with zero attached hydrogens (tertiary/aromatic N) is 2. The number of aromatic nitrogens is 2. The molecule has 1 aliphatic rings. The Morgan fingerprint density at radius 1 is 1.71 bits per heavy atom. The zero-order chi connectivity index (χ0) is 9.80. The van der Waals surface area contributed by atoms with Gasteiger partial charge in [0.25, 0.3) is 0 Å². The molecule has 2 rings (SSSR count). The molecule has 0 spiro atoms. The Hall–Kier alpha value is -0.520. The topological polar surface area (TPSA) is 61.0 Å². The third-order valence-corrected chi connectivity index (χ3v) is 3.10. The minimum absolute atomic E-state index is 0.0259. The molecule has 0 bridgehead atoms. The summed E-state index contributed by atoms with van der Waals surface area (Å²) in [5.74, 6) is 0. The minimum Gasteiger partial charge on any atom is -0.378 e. The van der Waals surface area contributed by atoms with Crippen molar-refractivity contribution in [3.8, 4) is 0 Å². The summed E-state index contributed by atoms with van der Waals surface area (Å²) >= 11 is 1.35. The highest BCUT2D eigenvalue weighted by Gasteiger charge is 2.17. The number of ether oxygens (including phenoxy) is 1. The van der Waals surface area contributed by atoms with Gasteiger partial charge in [0.1, 0.15) is 0 Å². The normalized spacial score (nSPS) is 23.9. The van der Waals surface area contributed by atoms with Crippen molar-refractivity contribution in [2.24, 2.45) is 5.73 Å². The lowest BCUT2D eigenvalue weighted by molar-refractivity contribution is 0.101. The Bertz CT molecular complexity index is 259. The zero-order valence-corrected chi connectivity index (χ0v) is 8.87. The SMILES string of the molecule is NC(CCC1CCCO1)c1csnn1. The van der Waals surface area contributed by atoms with Crippen molar-refractivity contribution in [2.75, 3.05) is 6.61 Å². The van der Waals surface area contributed by atoms with E-state index in [2.05, 4.69) is 9.59 Å². The number of hydrogen-bond donors (Lipinski definition) is 1. The average Bonchev–Trinajstić information content (AvgIpc) is 2.87. The first-order chi connectivity index (χ1) is 6.86. The molecular weight excluding hydrogens is 198 g/mol. The van der Waals surface area contributed by atoms with Crippen LogP contribution in [-0.2, 0) is 4.74 Å². The molecule has 0 saturated carbocycles. The van der Waals surface area contributed by atoms with Crippen LogP contribution in [0.4, 0.5) is 0 Å². The molecule has 0 aromatic carbocycles. The van der Waals surface area contributed by atoms with Crippen molar-refractivity contribution < 1.29 is 4.74 Å². The van der Waals surface area contributed by atoms with Gasteiger partial charge in [0.05, 0.1) is 11.8 Å². The highest BCUT2D eigenvalue weighted by atomic mass is 32.1. The van der Waals surface area contributed by atoms with Crippen LogP contribution in [0.25, 0.3) is 0 Å². The maximum absolute atomic E-state index is 5.97. The highest BCUT2D eigenvalue weighted by molar-refractivity contribution is 7.03. The molecule has 1 aromatic rings. The van der Waals surface area contributed by atoms with Crippen LogP contribution in [0, 0.1) is 0 Å². The molecule has 1 aliphatic heterocycles. The van der Waals surface area contributed by atoms with Crippen molar-refractivity contribution in [1.82, 2.24) is 9.59 Å². The molecule has 5 heteroatoms. The van der Waals surface area contributed by atoms with Crippen LogP contribution in [0.15, 0.2) is 5.38 Å². The van der Waals surface area contributed by atoms with E-state index in [4.69, 9.17) is 10.5 Å². The summed E-state index contributed by atoms with van der Waals surface area (Å²) in [6.45, 7) is 0.915. The Morgan fingerprint density at radius 3 is 3.29 bits per heavy atom. The fourth-order valence-corrected chi connectivity index (χ4v) is 2.24. The van der Waals surface area contributed by atoms with Gasteiger partial charge >= 0.3 is 0 Å². The van der Waals surface area contributed by atoms with E-state index in [9.17, 15) is 0 Å². The summed E-state index contributed by atoms with van der Waals surface area (Å²) in [7, 11) is 0. The second-order valence-corrected chi connectivity index (χ2v) is 4.26. The lowest BCUT2D eigenvalue weighted by Crippen LogP contribution is -2.14. The van der Waals surface area contributed by atoms with Crippen molar-refractivity contribution in [2.45, 2.75) is 37.8 Å². The average molecular weight is 213 g/mol. The molecule has 2 atom stereocenters. The standard InChI is InChI=1S/C9H15N3OS/c10-8(9-6-14-12-11-9)4-3-7-2-1-5-13-7/h6-8H,1-5,10H2. The molecule has 2 heterocycles. The quantitative estimate of drug-likeness (QED) is 0.823. The van der Waals surface area contributed by atoms with Gasteiger partial charge in [-0.25, -0.2) is 0 Å². The number of hydrogen-bond acceptors (Lipinski definition) is 5. The molecule has 2 N–H and O–H groups in total. The number of nitrogens with two attached hydrogens (primary N) is 1. The maximum Gasteiger partial charge on any atom is 0.0922 e. The Kier molecular flexibility index (Phi) is 3.44. The van der Waals surface area contributed by atoms with Crippen LogP contribution in [0.3, 0.4) is 0 Å². The minimum atomic E-state index is 0.0259. The van der Waals surface area contributed by atoms with Crippen LogP contribution in [0.5, 0.6) is 0 Å². The first kappa shape index (κ1) is 10.0. The fraction of sp³-hybridized carbons (Fsp3) is 0.778. The van der Waals surface area contributed by atoms with Gasteiger partial charge in [-0.15, -0.1) is 5.10 Å². The van der Waals surface area contributed by atoms with E-state index in [0.29, 0.717) is 6.10 Å². The molecule has 1 fully saturated rings. The molecule has 1 saturated heterocycles. The van der Waals surface area contributed by atoms with E-state index in [1.807, 2.05) is 5.38 Å². The van der Waals surface area contributed by atoms with E-state index >= 15 is 0 Å². The first-order valence-corrected chi connectivity index (χ1v) is 5.84. The fourth-order valence-electron chi connectivity index (χ4n) is 1.72. The smallest absolute Gasteiger partial charge is 0.0922 e. The molecule has 1 aromatic heterocycles. The summed E-state index contributed by atoms with van der Waals surface area (Å²) < 4.78 is 9.34. The van der Waals surface area contributed by atoms with E-state index in [-0.39, 0.29) is 6.04 Å². The molecule has 0 aliphatic carbocycles. The lowest BCUT2D eigenvalue weighted by atomic mass is 10.1. The summed E-state index contributed by atoms with van der Waals surface area (Å²) in [4.78, 5) is 0. The summed E-state index contributed by atoms with van der Waals surface area (Å²) in [5, 5.41) is 5.88. The molecule has 78 valence electrons. The van der Waals surface area contributed by atoms with Gasteiger partial charge in [0, 0.05) is 18.0 Å². The highest BCUT2D eigenvalue weighted by Crippen LogP contribution is 2.21. The third kappa shape index (κ3) is 2.50. The predicted octanol–water partition coefficient (Wildman–Crippen LogP) is 1.50. The van der Waals surface area contributed by atoms with Crippen LogP contribution < -0.4 is 5.73 Å². The first-order valence-electron chi connectivity index (χ1n) is 5.00. The number of rotatable bonds is 4. The third-order valence-electron chi connectivity index (χ3n) is 2.58. The Balaban J connectivity index is 1.74. The van der Waals surface area contributed by atoms with E-state index < -0.39 is 0 Å². The molecule has 0 amide bonds. The Labute approximate surface area is 87.6 Å². The Morgan fingerprint density at radius 2 is 2.64 bits per heavy atom. The van der Waals surface area contributed by atoms with E-state index in [0.717, 1.165) is 25.1 Å². The van der Waals surface area contributed by atoms with Crippen LogP contribution >= 0.6 is 11.5 Å². The second kappa shape index (κ2) is 4.82. The van der Waals surface area contributed by atoms with Crippen LogP contribution in [0.1, 0.15) is 37.4 Å². The van der Waals surface area contributed by atoms with E-state index in [1.54, 1.807) is 0 Å². The van der Waals surface area contributed by atoms with Gasteiger partial charge in [-0.3, -0.25) is 0 Å². The molecule has 0 radical (unpaired) electrons. The summed E-state index contributed by atoms with van der Waals surface area (Å²) in [6.07, 6.45) is 4.78. The maximum atomic E-state index is 5.97. The molecule has 2 unspecified atom stereocenters. The van der Waals surface area contributed by atoms with E-state index in [1.165, 1.54) is 24.4 Å². The van der Waals surface area contributed by atoms with Gasteiger partial charge in [-0.1, -0.05) is 4.49 Å². The van der Waals surface area contributed by atoms with Gasteiger partial charge in [0.2, 0.25) is 0 Å². The largest absolute Gasteiger partial charge is 0.378 e. The molecule has 4 nitrogen and oxygen atoms in total. The monoisotopic (exact) mass is 213 g/mol. The molecular formula is C9H15N3OS. The predicted molar refractivity (Wildman–Crippen MR) is 55.0 cm³/mol. The van der Waals surface area contributed by atoms with Crippen LogP contribution in [0.2, 0.25) is 0 Å². The van der Waals surface area contributed by atoms with Gasteiger partial charge in [0.15, 0.2) is 0 Å². The van der Waals surface area contributed by atoms with Crippen LogP contribution in [-0.4, -0.2) is 22.3 Å². The van der Waals surface area contributed by atoms with Crippen molar-refractivity contribution >= 4 is 11.5 Å². The molecule has 14 heavy (non-hydrogen) atoms.